The molecule has 0 spiro atoms. The summed E-state index contributed by atoms with van der Waals surface area (Å²) in [7, 11) is 1.64. The molecule has 3 aromatic carbocycles. The van der Waals surface area contributed by atoms with E-state index in [1.54, 1.807) is 7.11 Å². The minimum Gasteiger partial charge on any atom is -0.492 e. The topological polar surface area (TPSA) is 42.8 Å². The lowest BCUT2D eigenvalue weighted by molar-refractivity contribution is 0.310. The van der Waals surface area contributed by atoms with Crippen molar-refractivity contribution >= 4 is 33.5 Å². The van der Waals surface area contributed by atoms with Crippen molar-refractivity contribution in [2.75, 3.05) is 19.0 Å². The van der Waals surface area contributed by atoms with Crippen LogP contribution in [-0.2, 0) is 0 Å². The molecule has 0 aromatic heterocycles. The summed E-state index contributed by atoms with van der Waals surface area (Å²) in [6.07, 6.45) is 7.68. The van der Waals surface area contributed by atoms with Crippen LogP contribution in [0.5, 0.6) is 11.5 Å². The average Bonchev–Trinajstić information content (AvgIpc) is 3.33. The fourth-order valence-corrected chi connectivity index (χ4v) is 5.71. The number of rotatable bonds is 6. The van der Waals surface area contributed by atoms with E-state index in [4.69, 9.17) is 14.5 Å². The van der Waals surface area contributed by atoms with E-state index in [1.807, 2.05) is 25.3 Å². The summed E-state index contributed by atoms with van der Waals surface area (Å²) in [4.78, 5) is 4.70. The molecule has 1 aliphatic carbocycles. The first-order valence-electron chi connectivity index (χ1n) is 11.8. The van der Waals surface area contributed by atoms with Gasteiger partial charge in [0.05, 0.1) is 29.9 Å². The highest BCUT2D eigenvalue weighted by molar-refractivity contribution is 9.10. The van der Waals surface area contributed by atoms with Crippen LogP contribution in [0, 0.1) is 12.8 Å². The predicted molar refractivity (Wildman–Crippen MR) is 143 cm³/mol. The highest BCUT2D eigenvalue weighted by Gasteiger charge is 2.37. The maximum atomic E-state index is 5.72. The third kappa shape index (κ3) is 4.37. The Morgan fingerprint density at radius 3 is 2.71 bits per heavy atom. The van der Waals surface area contributed by atoms with Gasteiger partial charge in [0.15, 0.2) is 11.5 Å². The van der Waals surface area contributed by atoms with E-state index in [9.17, 15) is 0 Å². The lowest BCUT2D eigenvalue weighted by Crippen LogP contribution is -2.29. The van der Waals surface area contributed by atoms with Crippen molar-refractivity contribution < 1.29 is 9.47 Å². The fraction of sp³-hybridized carbons (Fsp3) is 0.276. The second-order valence-electron chi connectivity index (χ2n) is 8.88. The standard InChI is InChI=1S/C29H29BrN2O2/c1-4-34-27-16-19(15-25(30)29(27)33-3)17-31-21-11-9-20(10-12-21)28-23-7-5-6-22(23)24-14-18(2)8-13-26(24)32-28/h5-6,8-17,22-23,28,32H,4,7H2,1-3H3/t22-,23-,28-/m0/s1. The number of allylic oxidation sites excluding steroid dienone is 2. The van der Waals surface area contributed by atoms with Crippen LogP contribution in [-0.4, -0.2) is 19.9 Å². The van der Waals surface area contributed by atoms with Crippen LogP contribution in [0.1, 0.15) is 47.6 Å². The maximum Gasteiger partial charge on any atom is 0.174 e. The monoisotopic (exact) mass is 516 g/mol. The van der Waals surface area contributed by atoms with Crippen LogP contribution in [0.15, 0.2) is 76.2 Å². The molecule has 0 unspecified atom stereocenters. The number of nitrogens with one attached hydrogen (secondary N) is 1. The Hall–Kier alpha value is -3.05. The summed E-state index contributed by atoms with van der Waals surface area (Å²) in [5.74, 6) is 2.42. The van der Waals surface area contributed by atoms with Gasteiger partial charge in [0.1, 0.15) is 0 Å². The Labute approximate surface area is 209 Å². The van der Waals surface area contributed by atoms with Gasteiger partial charge in [0, 0.05) is 17.8 Å². The Bertz CT molecular complexity index is 1250. The molecule has 34 heavy (non-hydrogen) atoms. The summed E-state index contributed by atoms with van der Waals surface area (Å²) in [5, 5.41) is 3.82. The molecule has 3 aromatic rings. The summed E-state index contributed by atoms with van der Waals surface area (Å²) < 4.78 is 12.0. The largest absolute Gasteiger partial charge is 0.492 e. The van der Waals surface area contributed by atoms with E-state index in [2.05, 4.69) is 82.8 Å². The first-order valence-corrected chi connectivity index (χ1v) is 12.5. The van der Waals surface area contributed by atoms with Gasteiger partial charge in [-0.25, -0.2) is 0 Å². The summed E-state index contributed by atoms with van der Waals surface area (Å²) in [5.41, 5.74) is 7.16. The van der Waals surface area contributed by atoms with E-state index in [0.717, 1.165) is 22.1 Å². The maximum absolute atomic E-state index is 5.72. The van der Waals surface area contributed by atoms with Gasteiger partial charge in [-0.2, -0.15) is 0 Å². The number of aliphatic imine (C=N–C) groups is 1. The third-order valence-electron chi connectivity index (χ3n) is 6.67. The number of hydrogen-bond acceptors (Lipinski definition) is 4. The SMILES string of the molecule is CCOc1cc(C=Nc2ccc([C@@H]3Nc4ccc(C)cc4[C@H]4C=CC[C@@H]43)cc2)cc(Br)c1OC. The molecule has 0 fully saturated rings. The number of ether oxygens (including phenoxy) is 2. The molecule has 4 nitrogen and oxygen atoms in total. The van der Waals surface area contributed by atoms with Crippen molar-refractivity contribution in [3.63, 3.8) is 0 Å². The molecule has 1 heterocycles. The van der Waals surface area contributed by atoms with Crippen molar-refractivity contribution in [2.45, 2.75) is 32.2 Å². The molecular formula is C29H29BrN2O2. The van der Waals surface area contributed by atoms with E-state index in [0.29, 0.717) is 36.0 Å². The zero-order valence-electron chi connectivity index (χ0n) is 19.7. The van der Waals surface area contributed by atoms with Crippen LogP contribution in [0.4, 0.5) is 11.4 Å². The molecule has 5 heteroatoms. The van der Waals surface area contributed by atoms with E-state index in [1.165, 1.54) is 22.4 Å². The smallest absolute Gasteiger partial charge is 0.174 e. The second-order valence-corrected chi connectivity index (χ2v) is 9.74. The van der Waals surface area contributed by atoms with E-state index in [-0.39, 0.29) is 0 Å². The van der Waals surface area contributed by atoms with Crippen LogP contribution < -0.4 is 14.8 Å². The number of anilines is 1. The highest BCUT2D eigenvalue weighted by Crippen LogP contribution is 2.50. The molecule has 3 atom stereocenters. The molecule has 0 saturated heterocycles. The van der Waals surface area contributed by atoms with E-state index >= 15 is 0 Å². The van der Waals surface area contributed by atoms with Crippen LogP contribution in [0.25, 0.3) is 0 Å². The molecule has 0 bridgehead atoms. The van der Waals surface area contributed by atoms with Gasteiger partial charge < -0.3 is 14.8 Å². The summed E-state index contributed by atoms with van der Waals surface area (Å²) >= 11 is 3.57. The van der Waals surface area contributed by atoms with Crippen molar-refractivity contribution in [3.8, 4) is 11.5 Å². The van der Waals surface area contributed by atoms with Gasteiger partial charge in [-0.15, -0.1) is 0 Å². The van der Waals surface area contributed by atoms with Crippen molar-refractivity contribution in [2.24, 2.45) is 10.9 Å². The Morgan fingerprint density at radius 1 is 1.12 bits per heavy atom. The zero-order valence-corrected chi connectivity index (χ0v) is 21.3. The van der Waals surface area contributed by atoms with Crippen LogP contribution >= 0.6 is 15.9 Å². The molecule has 0 saturated carbocycles. The zero-order chi connectivity index (χ0) is 23.7. The Balaban J connectivity index is 1.36. The Kier molecular flexibility index (Phi) is 6.46. The van der Waals surface area contributed by atoms with Crippen LogP contribution in [0.2, 0.25) is 0 Å². The molecular weight excluding hydrogens is 488 g/mol. The van der Waals surface area contributed by atoms with Crippen molar-refractivity contribution in [1.82, 2.24) is 0 Å². The molecule has 1 aliphatic heterocycles. The third-order valence-corrected chi connectivity index (χ3v) is 7.26. The first-order chi connectivity index (χ1) is 16.6. The van der Waals surface area contributed by atoms with Gasteiger partial charge in [-0.1, -0.05) is 42.0 Å². The molecule has 0 radical (unpaired) electrons. The number of nitrogens with zero attached hydrogens (tertiary/aromatic N) is 1. The van der Waals surface area contributed by atoms with Gasteiger partial charge in [0.2, 0.25) is 0 Å². The van der Waals surface area contributed by atoms with Gasteiger partial charge >= 0.3 is 0 Å². The molecule has 1 N–H and O–H groups in total. The van der Waals surface area contributed by atoms with Crippen LogP contribution in [0.3, 0.4) is 0 Å². The number of methoxy groups -OCH3 is 1. The number of hydrogen-bond donors (Lipinski definition) is 1. The molecule has 0 amide bonds. The molecule has 2 aliphatic rings. The van der Waals surface area contributed by atoms with Crippen molar-refractivity contribution in [1.29, 1.82) is 0 Å². The number of aryl methyl sites for hydroxylation is 1. The minimum atomic E-state index is 0.291. The normalized spacial score (nSPS) is 20.6. The minimum absolute atomic E-state index is 0.291. The summed E-state index contributed by atoms with van der Waals surface area (Å²) in [6.45, 7) is 4.70. The lowest BCUT2D eigenvalue weighted by atomic mass is 9.76. The van der Waals surface area contributed by atoms with Crippen molar-refractivity contribution in [3.05, 3.63) is 93.5 Å². The van der Waals surface area contributed by atoms with Gasteiger partial charge in [-0.05, 0) is 89.1 Å². The summed E-state index contributed by atoms with van der Waals surface area (Å²) in [6, 6.07) is 19.6. The van der Waals surface area contributed by atoms with E-state index < -0.39 is 0 Å². The first kappa shape index (κ1) is 22.7. The number of halogens is 1. The fourth-order valence-electron chi connectivity index (χ4n) is 5.08. The quantitative estimate of drug-likeness (QED) is 0.269. The Morgan fingerprint density at radius 2 is 1.94 bits per heavy atom. The highest BCUT2D eigenvalue weighted by atomic mass is 79.9. The number of fused-ring (bicyclic) bond motifs is 3. The predicted octanol–water partition coefficient (Wildman–Crippen LogP) is 7.74. The molecule has 5 rings (SSSR count). The number of benzene rings is 3. The average molecular weight is 517 g/mol. The van der Waals surface area contributed by atoms with Gasteiger partial charge in [0.25, 0.3) is 0 Å². The van der Waals surface area contributed by atoms with Gasteiger partial charge in [-0.3, -0.25) is 4.99 Å². The lowest BCUT2D eigenvalue weighted by Gasteiger charge is -2.37. The second kappa shape index (κ2) is 9.67. The molecule has 174 valence electrons.